The number of nitrogens with zero attached hydrogens (tertiary/aromatic N) is 3. The Morgan fingerprint density at radius 1 is 0.912 bits per heavy atom. The topological polar surface area (TPSA) is 61.0 Å². The molecule has 0 radical (unpaired) electrons. The van der Waals surface area contributed by atoms with Crippen LogP contribution < -0.4 is 4.74 Å². The molecule has 5 nitrogen and oxygen atoms in total. The Bertz CT molecular complexity index is 1410. The predicted octanol–water partition coefficient (Wildman–Crippen LogP) is 7.65. The summed E-state index contributed by atoms with van der Waals surface area (Å²) in [5.41, 5.74) is 3.35. The van der Waals surface area contributed by atoms with Crippen LogP contribution in [0.1, 0.15) is 11.3 Å². The summed E-state index contributed by atoms with van der Waals surface area (Å²) in [5.74, 6) is 1.21. The van der Waals surface area contributed by atoms with Gasteiger partial charge in [0.2, 0.25) is 5.88 Å². The zero-order valence-electron chi connectivity index (χ0n) is 17.7. The van der Waals surface area contributed by atoms with Crippen molar-refractivity contribution in [1.82, 2.24) is 15.1 Å². The minimum atomic E-state index is -4.44. The van der Waals surface area contributed by atoms with Gasteiger partial charge < -0.3 is 9.26 Å². The molecule has 0 N–H and O–H groups in total. The van der Waals surface area contributed by atoms with Crippen molar-refractivity contribution in [3.63, 3.8) is 0 Å². The third-order valence-electron chi connectivity index (χ3n) is 5.06. The van der Waals surface area contributed by atoms with Gasteiger partial charge in [0, 0.05) is 28.8 Å². The maximum absolute atomic E-state index is 12.7. The van der Waals surface area contributed by atoms with Gasteiger partial charge in [-0.05, 0) is 37.3 Å². The Morgan fingerprint density at radius 2 is 1.68 bits per heavy atom. The smallest absolute Gasteiger partial charge is 0.417 e. The number of pyridine rings is 1. The second-order valence-electron chi connectivity index (χ2n) is 7.38. The van der Waals surface area contributed by atoms with E-state index in [4.69, 9.17) is 14.2 Å². The summed E-state index contributed by atoms with van der Waals surface area (Å²) >= 11 is 1.49. The van der Waals surface area contributed by atoms with Gasteiger partial charge in [0.15, 0.2) is 0 Å². The molecule has 34 heavy (non-hydrogen) atoms. The number of aryl methyl sites for hydroxylation is 1. The second-order valence-corrected chi connectivity index (χ2v) is 8.23. The van der Waals surface area contributed by atoms with Gasteiger partial charge in [-0.3, -0.25) is 0 Å². The molecule has 3 aromatic heterocycles. The first-order valence-corrected chi connectivity index (χ1v) is 11.1. The summed E-state index contributed by atoms with van der Waals surface area (Å²) in [4.78, 5) is 8.50. The Labute approximate surface area is 196 Å². The number of hydrogen-bond donors (Lipinski definition) is 0. The van der Waals surface area contributed by atoms with Crippen molar-refractivity contribution >= 4 is 11.3 Å². The van der Waals surface area contributed by atoms with Crippen LogP contribution in [0.15, 0.2) is 82.8 Å². The second kappa shape index (κ2) is 8.75. The molecule has 0 amide bonds. The summed E-state index contributed by atoms with van der Waals surface area (Å²) in [7, 11) is 0. The molecule has 9 heteroatoms. The lowest BCUT2D eigenvalue weighted by Crippen LogP contribution is -2.05. The average Bonchev–Trinajstić information content (AvgIpc) is 3.46. The summed E-state index contributed by atoms with van der Waals surface area (Å²) in [5, 5.41) is 6.98. The molecule has 2 aromatic carbocycles. The summed E-state index contributed by atoms with van der Waals surface area (Å²) in [6.45, 7) is 1.86. The van der Waals surface area contributed by atoms with Gasteiger partial charge in [-0.2, -0.15) is 13.2 Å². The van der Waals surface area contributed by atoms with Crippen LogP contribution in [0.3, 0.4) is 0 Å². The SMILES string of the molecule is Cc1onc(-c2ccccc2)c1-c1csc(-c2ccc(Oc3ccc(C(F)(F)F)cn3)cc2)n1. The van der Waals surface area contributed by atoms with Crippen molar-refractivity contribution in [3.8, 4) is 44.7 Å². The van der Waals surface area contributed by atoms with E-state index in [1.807, 2.05) is 54.8 Å². The first-order chi connectivity index (χ1) is 16.4. The number of alkyl halides is 3. The molecule has 0 saturated carbocycles. The molecule has 0 atom stereocenters. The fraction of sp³-hybridized carbons (Fsp3) is 0.0800. The quantitative estimate of drug-likeness (QED) is 0.259. The summed E-state index contributed by atoms with van der Waals surface area (Å²) < 4.78 is 49.1. The zero-order valence-corrected chi connectivity index (χ0v) is 18.5. The van der Waals surface area contributed by atoms with Crippen LogP contribution in [0.5, 0.6) is 11.6 Å². The fourth-order valence-corrected chi connectivity index (χ4v) is 4.20. The largest absolute Gasteiger partial charge is 0.439 e. The van der Waals surface area contributed by atoms with Gasteiger partial charge in [0.1, 0.15) is 22.2 Å². The lowest BCUT2D eigenvalue weighted by atomic mass is 10.0. The molecule has 0 unspecified atom stereocenters. The molecule has 0 aliphatic rings. The molecule has 0 bridgehead atoms. The molecule has 170 valence electrons. The van der Waals surface area contributed by atoms with E-state index in [0.717, 1.165) is 45.3 Å². The summed E-state index contributed by atoms with van der Waals surface area (Å²) in [6.07, 6.45) is -3.69. The standard InChI is InChI=1S/C25H16F3N3O2S/c1-15-22(23(31-33-15)16-5-3-2-4-6-16)20-14-34-24(30-20)17-7-10-19(11-8-17)32-21-12-9-18(13-29-21)25(26,27)28/h2-14H,1H3. The first-order valence-electron chi connectivity index (χ1n) is 10.2. The van der Waals surface area contributed by atoms with Gasteiger partial charge in [-0.25, -0.2) is 9.97 Å². The minimum absolute atomic E-state index is 0.0775. The maximum atomic E-state index is 12.7. The van der Waals surface area contributed by atoms with Crippen molar-refractivity contribution < 1.29 is 22.4 Å². The highest BCUT2D eigenvalue weighted by molar-refractivity contribution is 7.13. The van der Waals surface area contributed by atoms with E-state index in [1.165, 1.54) is 17.4 Å². The van der Waals surface area contributed by atoms with E-state index in [1.54, 1.807) is 12.1 Å². The van der Waals surface area contributed by atoms with Crippen LogP contribution in [0.2, 0.25) is 0 Å². The van der Waals surface area contributed by atoms with Crippen molar-refractivity contribution in [3.05, 3.63) is 89.6 Å². The van der Waals surface area contributed by atoms with E-state index in [2.05, 4.69) is 10.1 Å². The van der Waals surface area contributed by atoms with Gasteiger partial charge in [-0.1, -0.05) is 35.5 Å². The zero-order chi connectivity index (χ0) is 23.7. The molecule has 0 aliphatic heterocycles. The number of aromatic nitrogens is 3. The van der Waals surface area contributed by atoms with E-state index in [-0.39, 0.29) is 5.88 Å². The maximum Gasteiger partial charge on any atom is 0.417 e. The lowest BCUT2D eigenvalue weighted by Gasteiger charge is -2.08. The van der Waals surface area contributed by atoms with E-state index in [9.17, 15) is 13.2 Å². The van der Waals surface area contributed by atoms with Crippen molar-refractivity contribution in [2.24, 2.45) is 0 Å². The van der Waals surface area contributed by atoms with Gasteiger partial charge in [-0.15, -0.1) is 11.3 Å². The molecule has 0 aliphatic carbocycles. The highest BCUT2D eigenvalue weighted by Crippen LogP contribution is 2.37. The fourth-order valence-electron chi connectivity index (χ4n) is 3.38. The molecule has 0 saturated heterocycles. The number of rotatable bonds is 5. The number of benzene rings is 2. The van der Waals surface area contributed by atoms with Crippen molar-refractivity contribution in [2.45, 2.75) is 13.1 Å². The van der Waals surface area contributed by atoms with E-state index >= 15 is 0 Å². The van der Waals surface area contributed by atoms with Crippen LogP contribution in [0.25, 0.3) is 33.1 Å². The van der Waals surface area contributed by atoms with Crippen molar-refractivity contribution in [2.75, 3.05) is 0 Å². The van der Waals surface area contributed by atoms with Crippen LogP contribution in [0, 0.1) is 6.92 Å². The first kappa shape index (κ1) is 21.8. The number of ether oxygens (including phenoxy) is 1. The third-order valence-corrected chi connectivity index (χ3v) is 5.95. The normalized spacial score (nSPS) is 11.5. The van der Waals surface area contributed by atoms with Gasteiger partial charge >= 0.3 is 6.18 Å². The lowest BCUT2D eigenvalue weighted by molar-refractivity contribution is -0.137. The van der Waals surface area contributed by atoms with E-state index in [0.29, 0.717) is 11.5 Å². The Morgan fingerprint density at radius 3 is 2.35 bits per heavy atom. The molecule has 3 heterocycles. The highest BCUT2D eigenvalue weighted by atomic mass is 32.1. The molecule has 0 spiro atoms. The predicted molar refractivity (Wildman–Crippen MR) is 123 cm³/mol. The molecular weight excluding hydrogens is 463 g/mol. The van der Waals surface area contributed by atoms with Crippen LogP contribution in [-0.4, -0.2) is 15.1 Å². The van der Waals surface area contributed by atoms with Crippen LogP contribution in [0.4, 0.5) is 13.2 Å². The average molecular weight is 479 g/mol. The van der Waals surface area contributed by atoms with Crippen LogP contribution >= 0.6 is 11.3 Å². The van der Waals surface area contributed by atoms with E-state index < -0.39 is 11.7 Å². The van der Waals surface area contributed by atoms with Crippen LogP contribution in [-0.2, 0) is 6.18 Å². The number of halogens is 3. The Balaban J connectivity index is 1.35. The number of hydrogen-bond acceptors (Lipinski definition) is 6. The van der Waals surface area contributed by atoms with Crippen molar-refractivity contribution in [1.29, 1.82) is 0 Å². The minimum Gasteiger partial charge on any atom is -0.439 e. The third kappa shape index (κ3) is 4.42. The monoisotopic (exact) mass is 479 g/mol. The molecular formula is C25H16F3N3O2S. The Hall–Kier alpha value is -3.98. The summed E-state index contributed by atoms with van der Waals surface area (Å²) in [6, 6.07) is 19.0. The molecule has 0 fully saturated rings. The molecule has 5 aromatic rings. The highest BCUT2D eigenvalue weighted by Gasteiger charge is 2.30. The van der Waals surface area contributed by atoms with Gasteiger partial charge in [0.05, 0.1) is 16.8 Å². The molecule has 5 rings (SSSR count). The van der Waals surface area contributed by atoms with Gasteiger partial charge in [0.25, 0.3) is 0 Å². The number of thiazole rings is 1. The Kier molecular flexibility index (Phi) is 5.62.